The van der Waals surface area contributed by atoms with Gasteiger partial charge < -0.3 is 5.32 Å². The third-order valence-corrected chi connectivity index (χ3v) is 3.72. The van der Waals surface area contributed by atoms with Crippen LogP contribution in [0.1, 0.15) is 38.2 Å². The van der Waals surface area contributed by atoms with E-state index in [4.69, 9.17) is 0 Å². The molecule has 1 heteroatoms. The molecule has 0 aromatic heterocycles. The first kappa shape index (κ1) is 11.7. The van der Waals surface area contributed by atoms with Crippen LogP contribution in [0.2, 0.25) is 0 Å². The maximum atomic E-state index is 3.50. The summed E-state index contributed by atoms with van der Waals surface area (Å²) in [5.41, 5.74) is 2.16. The monoisotopic (exact) mass is 217 g/mol. The molecule has 1 aliphatic carbocycles. The molecule has 1 saturated carbocycles. The largest absolute Gasteiger partial charge is 0.316 e. The molecule has 0 saturated heterocycles. The molecule has 0 aliphatic heterocycles. The molecule has 88 valence electrons. The Morgan fingerprint density at radius 2 is 1.94 bits per heavy atom. The Kier molecular flexibility index (Phi) is 4.00. The molecule has 0 bridgehead atoms. The van der Waals surface area contributed by atoms with E-state index in [9.17, 15) is 0 Å². The molecule has 1 N–H and O–H groups in total. The lowest BCUT2D eigenvalue weighted by Crippen LogP contribution is -2.23. The molecule has 0 radical (unpaired) electrons. The van der Waals surface area contributed by atoms with Gasteiger partial charge in [0.2, 0.25) is 0 Å². The van der Waals surface area contributed by atoms with Gasteiger partial charge in [0, 0.05) is 6.54 Å². The minimum absolute atomic E-state index is 0.671. The van der Waals surface area contributed by atoms with Crippen molar-refractivity contribution in [3.63, 3.8) is 0 Å². The number of aryl methyl sites for hydroxylation is 1. The maximum absolute atomic E-state index is 3.50. The highest BCUT2D eigenvalue weighted by molar-refractivity contribution is 5.14. The lowest BCUT2D eigenvalue weighted by molar-refractivity contribution is 0.419. The minimum Gasteiger partial charge on any atom is -0.316 e. The van der Waals surface area contributed by atoms with Gasteiger partial charge in [-0.05, 0) is 49.6 Å². The van der Waals surface area contributed by atoms with E-state index in [-0.39, 0.29) is 0 Å². The molecule has 0 spiro atoms. The van der Waals surface area contributed by atoms with Crippen molar-refractivity contribution in [1.82, 2.24) is 5.32 Å². The summed E-state index contributed by atoms with van der Waals surface area (Å²) in [7, 11) is 0. The summed E-state index contributed by atoms with van der Waals surface area (Å²) in [4.78, 5) is 0. The predicted molar refractivity (Wildman–Crippen MR) is 69.6 cm³/mol. The molecule has 16 heavy (non-hydrogen) atoms. The fourth-order valence-electron chi connectivity index (χ4n) is 2.39. The summed E-state index contributed by atoms with van der Waals surface area (Å²) >= 11 is 0. The van der Waals surface area contributed by atoms with Gasteiger partial charge in [-0.1, -0.05) is 37.3 Å². The molecule has 0 atom stereocenters. The predicted octanol–water partition coefficient (Wildman–Crippen LogP) is 3.40. The van der Waals surface area contributed by atoms with Crippen molar-refractivity contribution in [2.75, 3.05) is 13.1 Å². The van der Waals surface area contributed by atoms with Crippen LogP contribution in [0.4, 0.5) is 0 Å². The van der Waals surface area contributed by atoms with E-state index in [1.54, 1.807) is 0 Å². The first-order valence-electron chi connectivity index (χ1n) is 6.59. The summed E-state index contributed by atoms with van der Waals surface area (Å²) in [6, 6.07) is 10.9. The van der Waals surface area contributed by atoms with Gasteiger partial charge in [0.15, 0.2) is 0 Å². The van der Waals surface area contributed by atoms with Crippen molar-refractivity contribution in [2.45, 2.75) is 39.0 Å². The van der Waals surface area contributed by atoms with Gasteiger partial charge in [0.05, 0.1) is 0 Å². The Morgan fingerprint density at radius 1 is 1.19 bits per heavy atom. The molecular formula is C15H23N. The van der Waals surface area contributed by atoms with Crippen LogP contribution in [0.5, 0.6) is 0 Å². The first-order valence-corrected chi connectivity index (χ1v) is 6.59. The molecule has 0 amide bonds. The van der Waals surface area contributed by atoms with Crippen molar-refractivity contribution in [3.8, 4) is 0 Å². The van der Waals surface area contributed by atoms with Crippen molar-refractivity contribution in [1.29, 1.82) is 0 Å². The third-order valence-electron chi connectivity index (χ3n) is 3.72. The SMILES string of the molecule is CCNCC1(CCCc2ccccc2)CC1. The van der Waals surface area contributed by atoms with Crippen LogP contribution in [0.3, 0.4) is 0 Å². The van der Waals surface area contributed by atoms with Crippen molar-refractivity contribution in [3.05, 3.63) is 35.9 Å². The molecule has 1 aromatic carbocycles. The quantitative estimate of drug-likeness (QED) is 0.738. The second-order valence-electron chi connectivity index (χ2n) is 5.12. The van der Waals surface area contributed by atoms with E-state index in [0.717, 1.165) is 6.54 Å². The fourth-order valence-corrected chi connectivity index (χ4v) is 2.39. The van der Waals surface area contributed by atoms with Gasteiger partial charge in [-0.2, -0.15) is 0 Å². The van der Waals surface area contributed by atoms with E-state index in [1.165, 1.54) is 44.2 Å². The molecule has 1 fully saturated rings. The smallest absolute Gasteiger partial charge is 0.000770 e. The Balaban J connectivity index is 1.68. The van der Waals surface area contributed by atoms with Crippen molar-refractivity contribution < 1.29 is 0 Å². The lowest BCUT2D eigenvalue weighted by Gasteiger charge is -2.15. The van der Waals surface area contributed by atoms with Crippen LogP contribution in [0.25, 0.3) is 0 Å². The standard InChI is InChI=1S/C15H23N/c1-2-16-13-15(11-12-15)10-6-9-14-7-4-3-5-8-14/h3-5,7-8,16H,2,6,9-13H2,1H3. The lowest BCUT2D eigenvalue weighted by atomic mass is 9.97. The molecule has 1 aliphatic rings. The van der Waals surface area contributed by atoms with Gasteiger partial charge in [0.1, 0.15) is 0 Å². The minimum atomic E-state index is 0.671. The zero-order valence-corrected chi connectivity index (χ0v) is 10.3. The number of hydrogen-bond acceptors (Lipinski definition) is 1. The number of nitrogens with one attached hydrogen (secondary N) is 1. The summed E-state index contributed by atoms with van der Waals surface area (Å²) in [6.45, 7) is 4.54. The van der Waals surface area contributed by atoms with E-state index in [2.05, 4.69) is 42.6 Å². The summed E-state index contributed by atoms with van der Waals surface area (Å²) in [6.07, 6.45) is 6.86. The zero-order valence-electron chi connectivity index (χ0n) is 10.3. The Morgan fingerprint density at radius 3 is 2.56 bits per heavy atom. The zero-order chi connectivity index (χ0) is 11.3. The number of hydrogen-bond donors (Lipinski definition) is 1. The number of rotatable bonds is 7. The van der Waals surface area contributed by atoms with E-state index in [1.807, 2.05) is 0 Å². The van der Waals surface area contributed by atoms with Gasteiger partial charge in [-0.15, -0.1) is 0 Å². The maximum Gasteiger partial charge on any atom is 0.000770 e. The highest BCUT2D eigenvalue weighted by Gasteiger charge is 2.40. The second-order valence-corrected chi connectivity index (χ2v) is 5.12. The Hall–Kier alpha value is -0.820. The normalized spacial score (nSPS) is 17.3. The van der Waals surface area contributed by atoms with Crippen molar-refractivity contribution in [2.24, 2.45) is 5.41 Å². The van der Waals surface area contributed by atoms with Crippen LogP contribution >= 0.6 is 0 Å². The molecule has 0 heterocycles. The third kappa shape index (κ3) is 3.34. The molecule has 0 unspecified atom stereocenters. The summed E-state index contributed by atoms with van der Waals surface area (Å²) in [5, 5.41) is 3.50. The van der Waals surface area contributed by atoms with Crippen LogP contribution in [-0.2, 0) is 6.42 Å². The van der Waals surface area contributed by atoms with E-state index < -0.39 is 0 Å². The molecular weight excluding hydrogens is 194 g/mol. The highest BCUT2D eigenvalue weighted by Crippen LogP contribution is 2.49. The van der Waals surface area contributed by atoms with Crippen LogP contribution in [0, 0.1) is 5.41 Å². The average molecular weight is 217 g/mol. The Labute approximate surface area is 99.3 Å². The second kappa shape index (κ2) is 5.49. The topological polar surface area (TPSA) is 12.0 Å². The number of benzene rings is 1. The van der Waals surface area contributed by atoms with Gasteiger partial charge in [0.25, 0.3) is 0 Å². The van der Waals surface area contributed by atoms with E-state index >= 15 is 0 Å². The van der Waals surface area contributed by atoms with E-state index in [0.29, 0.717) is 5.41 Å². The van der Waals surface area contributed by atoms with Crippen LogP contribution in [-0.4, -0.2) is 13.1 Å². The van der Waals surface area contributed by atoms with Crippen LogP contribution < -0.4 is 5.32 Å². The summed E-state index contributed by atoms with van der Waals surface area (Å²) < 4.78 is 0. The Bertz CT molecular complexity index is 300. The average Bonchev–Trinajstić information content (AvgIpc) is 3.09. The fraction of sp³-hybridized carbons (Fsp3) is 0.600. The van der Waals surface area contributed by atoms with Gasteiger partial charge in [-0.3, -0.25) is 0 Å². The van der Waals surface area contributed by atoms with Gasteiger partial charge in [-0.25, -0.2) is 0 Å². The highest BCUT2D eigenvalue weighted by atomic mass is 14.9. The molecule has 2 rings (SSSR count). The molecule has 1 aromatic rings. The van der Waals surface area contributed by atoms with Crippen molar-refractivity contribution >= 4 is 0 Å². The molecule has 1 nitrogen and oxygen atoms in total. The van der Waals surface area contributed by atoms with Gasteiger partial charge >= 0.3 is 0 Å². The summed E-state index contributed by atoms with van der Waals surface area (Å²) in [5.74, 6) is 0. The first-order chi connectivity index (χ1) is 7.85. The van der Waals surface area contributed by atoms with Crippen LogP contribution in [0.15, 0.2) is 30.3 Å².